The lowest BCUT2D eigenvalue weighted by Crippen LogP contribution is -2.35. The molecule has 1 aromatic rings. The number of rotatable bonds is 6. The highest BCUT2D eigenvalue weighted by Crippen LogP contribution is 2.42. The second-order valence-corrected chi connectivity index (χ2v) is 7.69. The van der Waals surface area contributed by atoms with E-state index in [1.54, 1.807) is 0 Å². The highest BCUT2D eigenvalue weighted by Gasteiger charge is 2.29. The lowest BCUT2D eigenvalue weighted by Gasteiger charge is -2.30. The van der Waals surface area contributed by atoms with E-state index in [9.17, 15) is 0 Å². The molecule has 1 saturated carbocycles. The van der Waals surface area contributed by atoms with Crippen molar-refractivity contribution in [3.63, 3.8) is 0 Å². The molecule has 1 N–H and O–H groups in total. The first kappa shape index (κ1) is 14.5. The summed E-state index contributed by atoms with van der Waals surface area (Å²) in [7, 11) is 2.03. The molecule has 1 saturated heterocycles. The maximum absolute atomic E-state index is 4.95. The maximum atomic E-state index is 4.95. The Kier molecular flexibility index (Phi) is 4.74. The van der Waals surface area contributed by atoms with Gasteiger partial charge in [-0.25, -0.2) is 4.98 Å². The molecule has 0 bridgehead atoms. The van der Waals surface area contributed by atoms with Gasteiger partial charge < -0.3 is 10.2 Å². The molecule has 1 aliphatic carbocycles. The molecule has 4 heteroatoms. The summed E-state index contributed by atoms with van der Waals surface area (Å²) in [6.45, 7) is 7.13. The van der Waals surface area contributed by atoms with Crippen molar-refractivity contribution in [3.8, 4) is 0 Å². The fourth-order valence-electron chi connectivity index (χ4n) is 3.23. The van der Waals surface area contributed by atoms with E-state index < -0.39 is 0 Å². The Morgan fingerprint density at radius 2 is 2.20 bits per heavy atom. The largest absolute Gasteiger partial charge is 0.315 e. The van der Waals surface area contributed by atoms with Crippen molar-refractivity contribution in [1.29, 1.82) is 0 Å². The van der Waals surface area contributed by atoms with E-state index in [2.05, 4.69) is 17.1 Å². The predicted octanol–water partition coefficient (Wildman–Crippen LogP) is 3.01. The van der Waals surface area contributed by atoms with Crippen molar-refractivity contribution in [3.05, 3.63) is 15.6 Å². The quantitative estimate of drug-likeness (QED) is 0.874. The lowest BCUT2D eigenvalue weighted by atomic mass is 10.0. The number of nitrogens with one attached hydrogen (secondary N) is 1. The maximum Gasteiger partial charge on any atom is 0.0944 e. The molecule has 112 valence electrons. The van der Waals surface area contributed by atoms with Gasteiger partial charge in [0.15, 0.2) is 0 Å². The van der Waals surface area contributed by atoms with Crippen molar-refractivity contribution in [2.24, 2.45) is 5.92 Å². The summed E-state index contributed by atoms with van der Waals surface area (Å²) in [5.74, 6) is 1.65. The third kappa shape index (κ3) is 3.60. The van der Waals surface area contributed by atoms with E-state index in [0.29, 0.717) is 0 Å². The van der Waals surface area contributed by atoms with Crippen molar-refractivity contribution in [2.45, 2.75) is 51.5 Å². The molecular formula is C16H27N3S. The Labute approximate surface area is 126 Å². The topological polar surface area (TPSA) is 28.2 Å². The van der Waals surface area contributed by atoms with Gasteiger partial charge in [0.1, 0.15) is 0 Å². The highest BCUT2D eigenvalue weighted by atomic mass is 32.1. The standard InChI is InChI=1S/C16H27N3S/c1-12-4-3-8-19(11-12)9-7-15-18-16(13-5-6-13)14(20-15)10-17-2/h12-13,17H,3-11H2,1-2H3. The normalized spacial score (nSPS) is 24.2. The fourth-order valence-corrected chi connectivity index (χ4v) is 4.38. The molecule has 2 fully saturated rings. The summed E-state index contributed by atoms with van der Waals surface area (Å²) in [4.78, 5) is 9.06. The van der Waals surface area contributed by atoms with Crippen molar-refractivity contribution < 1.29 is 0 Å². The number of nitrogens with zero attached hydrogens (tertiary/aromatic N) is 2. The smallest absolute Gasteiger partial charge is 0.0944 e. The molecule has 3 rings (SSSR count). The van der Waals surface area contributed by atoms with Crippen LogP contribution in [0.15, 0.2) is 0 Å². The van der Waals surface area contributed by atoms with Crippen LogP contribution in [0.25, 0.3) is 0 Å². The van der Waals surface area contributed by atoms with Crippen LogP contribution in [0.2, 0.25) is 0 Å². The van der Waals surface area contributed by atoms with Crippen LogP contribution in [0, 0.1) is 5.92 Å². The Hall–Kier alpha value is -0.450. The monoisotopic (exact) mass is 293 g/mol. The van der Waals surface area contributed by atoms with Crippen LogP contribution in [0.4, 0.5) is 0 Å². The Balaban J connectivity index is 1.58. The molecule has 1 aromatic heterocycles. The van der Waals surface area contributed by atoms with Crippen LogP contribution in [-0.2, 0) is 13.0 Å². The van der Waals surface area contributed by atoms with E-state index in [1.807, 2.05) is 18.4 Å². The molecule has 1 aliphatic heterocycles. The van der Waals surface area contributed by atoms with Gasteiger partial charge in [-0.1, -0.05) is 6.92 Å². The summed E-state index contributed by atoms with van der Waals surface area (Å²) in [5.41, 5.74) is 1.41. The van der Waals surface area contributed by atoms with E-state index in [4.69, 9.17) is 4.98 Å². The average molecular weight is 293 g/mol. The molecule has 2 heterocycles. The van der Waals surface area contributed by atoms with Crippen molar-refractivity contribution in [1.82, 2.24) is 15.2 Å². The summed E-state index contributed by atoms with van der Waals surface area (Å²) in [6, 6.07) is 0. The van der Waals surface area contributed by atoms with Gasteiger partial charge in [0, 0.05) is 36.9 Å². The van der Waals surface area contributed by atoms with Crippen LogP contribution in [-0.4, -0.2) is 36.6 Å². The summed E-state index contributed by atoms with van der Waals surface area (Å²) in [5, 5.41) is 4.65. The molecule has 3 nitrogen and oxygen atoms in total. The molecule has 0 aromatic carbocycles. The van der Waals surface area contributed by atoms with Crippen LogP contribution in [0.5, 0.6) is 0 Å². The average Bonchev–Trinajstić information content (AvgIpc) is 3.20. The Morgan fingerprint density at radius 3 is 2.90 bits per heavy atom. The van der Waals surface area contributed by atoms with Crippen LogP contribution in [0.1, 0.15) is 54.1 Å². The van der Waals surface area contributed by atoms with Crippen molar-refractivity contribution in [2.75, 3.05) is 26.7 Å². The molecule has 0 amide bonds. The van der Waals surface area contributed by atoms with Gasteiger partial charge in [0.2, 0.25) is 0 Å². The first-order valence-corrected chi connectivity index (χ1v) is 8.93. The number of piperidine rings is 1. The van der Waals surface area contributed by atoms with E-state index in [-0.39, 0.29) is 0 Å². The number of hydrogen-bond donors (Lipinski definition) is 1. The summed E-state index contributed by atoms with van der Waals surface area (Å²) >= 11 is 1.94. The van der Waals surface area contributed by atoms with Gasteiger partial charge in [-0.3, -0.25) is 0 Å². The molecule has 0 radical (unpaired) electrons. The van der Waals surface area contributed by atoms with Crippen LogP contribution < -0.4 is 5.32 Å². The zero-order chi connectivity index (χ0) is 13.9. The predicted molar refractivity (Wildman–Crippen MR) is 85.4 cm³/mol. The molecule has 0 spiro atoms. The van der Waals surface area contributed by atoms with Gasteiger partial charge in [0.05, 0.1) is 10.7 Å². The summed E-state index contributed by atoms with van der Waals surface area (Å²) in [6.07, 6.45) is 6.62. The minimum atomic E-state index is 0.776. The first-order chi connectivity index (χ1) is 9.76. The third-order valence-electron chi connectivity index (χ3n) is 4.46. The number of aromatic nitrogens is 1. The zero-order valence-corrected chi connectivity index (χ0v) is 13.6. The molecule has 2 aliphatic rings. The first-order valence-electron chi connectivity index (χ1n) is 8.11. The van der Waals surface area contributed by atoms with E-state index in [0.717, 1.165) is 24.8 Å². The number of likely N-dealkylation sites (tertiary alicyclic amines) is 1. The van der Waals surface area contributed by atoms with Gasteiger partial charge in [-0.15, -0.1) is 11.3 Å². The number of hydrogen-bond acceptors (Lipinski definition) is 4. The molecule has 1 atom stereocenters. The highest BCUT2D eigenvalue weighted by molar-refractivity contribution is 7.11. The van der Waals surface area contributed by atoms with Crippen LogP contribution >= 0.6 is 11.3 Å². The zero-order valence-electron chi connectivity index (χ0n) is 12.8. The minimum absolute atomic E-state index is 0.776. The molecule has 20 heavy (non-hydrogen) atoms. The molecule has 1 unspecified atom stereocenters. The second-order valence-electron chi connectivity index (χ2n) is 6.52. The van der Waals surface area contributed by atoms with Gasteiger partial charge in [-0.05, 0) is 45.2 Å². The number of thiazole rings is 1. The van der Waals surface area contributed by atoms with Gasteiger partial charge in [-0.2, -0.15) is 0 Å². The van der Waals surface area contributed by atoms with Gasteiger partial charge >= 0.3 is 0 Å². The van der Waals surface area contributed by atoms with Crippen LogP contribution in [0.3, 0.4) is 0 Å². The fraction of sp³-hybridized carbons (Fsp3) is 0.812. The molecular weight excluding hydrogens is 266 g/mol. The minimum Gasteiger partial charge on any atom is -0.315 e. The lowest BCUT2D eigenvalue weighted by molar-refractivity contribution is 0.186. The summed E-state index contributed by atoms with van der Waals surface area (Å²) < 4.78 is 0. The Bertz CT molecular complexity index is 439. The second kappa shape index (κ2) is 6.54. The van der Waals surface area contributed by atoms with E-state index >= 15 is 0 Å². The SMILES string of the molecule is CNCc1sc(CCN2CCCC(C)C2)nc1C1CC1. The third-order valence-corrected chi connectivity index (χ3v) is 5.59. The Morgan fingerprint density at radius 1 is 1.35 bits per heavy atom. The van der Waals surface area contributed by atoms with Crippen molar-refractivity contribution >= 4 is 11.3 Å². The van der Waals surface area contributed by atoms with Gasteiger partial charge in [0.25, 0.3) is 0 Å². The van der Waals surface area contributed by atoms with E-state index in [1.165, 1.54) is 60.9 Å².